The molecule has 0 atom stereocenters. The molecule has 0 bridgehead atoms. The van der Waals surface area contributed by atoms with Gasteiger partial charge in [-0.1, -0.05) is 60.7 Å². The van der Waals surface area contributed by atoms with Gasteiger partial charge in [-0.15, -0.1) is 0 Å². The van der Waals surface area contributed by atoms with Crippen LogP contribution in [0.2, 0.25) is 0 Å². The van der Waals surface area contributed by atoms with Crippen LogP contribution in [-0.4, -0.2) is 8.42 Å². The van der Waals surface area contributed by atoms with Crippen LogP contribution in [0.4, 0.5) is 13.2 Å². The first-order valence-corrected chi connectivity index (χ1v) is 9.76. The first-order valence-electron chi connectivity index (χ1n) is 8.28. The zero-order chi connectivity index (χ0) is 20.2. The van der Waals surface area contributed by atoms with Crippen molar-refractivity contribution in [1.82, 2.24) is 4.72 Å². The second-order valence-electron chi connectivity index (χ2n) is 5.93. The van der Waals surface area contributed by atoms with Crippen molar-refractivity contribution in [2.45, 2.75) is 11.1 Å². The molecule has 0 unspecified atom stereocenters. The molecule has 3 aromatic carbocycles. The lowest BCUT2D eigenvalue weighted by Crippen LogP contribution is -2.19. The van der Waals surface area contributed by atoms with Gasteiger partial charge in [0.2, 0.25) is 0 Å². The fourth-order valence-electron chi connectivity index (χ4n) is 2.60. The number of alkyl halides is 3. The number of halogens is 3. The quantitative estimate of drug-likeness (QED) is 0.646. The average Bonchev–Trinajstić information content (AvgIpc) is 2.69. The third-order valence-electron chi connectivity index (χ3n) is 4.02. The molecule has 3 aromatic rings. The van der Waals surface area contributed by atoms with Gasteiger partial charge in [0, 0.05) is 11.8 Å². The zero-order valence-electron chi connectivity index (χ0n) is 14.5. The summed E-state index contributed by atoms with van der Waals surface area (Å²) in [6.07, 6.45) is -3.18. The van der Waals surface area contributed by atoms with Gasteiger partial charge in [-0.3, -0.25) is 4.72 Å². The van der Waals surface area contributed by atoms with Crippen LogP contribution in [0.15, 0.2) is 96.0 Å². The number of rotatable bonds is 5. The molecule has 3 nitrogen and oxygen atoms in total. The average molecular weight is 403 g/mol. The van der Waals surface area contributed by atoms with E-state index in [9.17, 15) is 21.6 Å². The Labute approximate surface area is 161 Å². The highest BCUT2D eigenvalue weighted by Crippen LogP contribution is 2.30. The van der Waals surface area contributed by atoms with Crippen LogP contribution in [0.3, 0.4) is 0 Å². The Bertz CT molecular complexity index is 1020. The molecule has 0 saturated heterocycles. The van der Waals surface area contributed by atoms with Gasteiger partial charge in [0.05, 0.1) is 10.5 Å². The molecular formula is C21H16F3NO2S. The van der Waals surface area contributed by atoms with E-state index in [2.05, 4.69) is 4.72 Å². The summed E-state index contributed by atoms with van der Waals surface area (Å²) in [5, 5.41) is 0. The Balaban J connectivity index is 1.94. The maximum absolute atomic E-state index is 12.7. The Morgan fingerprint density at radius 1 is 0.750 bits per heavy atom. The molecule has 0 radical (unpaired) electrons. The molecule has 0 aliphatic carbocycles. The molecule has 0 aromatic heterocycles. The lowest BCUT2D eigenvalue weighted by Gasteiger charge is -2.11. The molecule has 3 rings (SSSR count). The van der Waals surface area contributed by atoms with E-state index in [1.54, 1.807) is 0 Å². The summed E-state index contributed by atoms with van der Waals surface area (Å²) < 4.78 is 65.4. The molecule has 0 aliphatic rings. The van der Waals surface area contributed by atoms with Crippen molar-refractivity contribution in [3.8, 4) is 0 Å². The minimum Gasteiger partial charge on any atom is -0.286 e. The molecule has 0 spiro atoms. The Morgan fingerprint density at radius 2 is 1.21 bits per heavy atom. The van der Waals surface area contributed by atoms with Crippen molar-refractivity contribution >= 4 is 15.6 Å². The van der Waals surface area contributed by atoms with Crippen molar-refractivity contribution in [3.05, 3.63) is 108 Å². The SMILES string of the molecule is O=S(=O)(NC=C(c1ccccc1)c1ccccc1)c1ccc(C(F)(F)F)cc1. The predicted molar refractivity (Wildman–Crippen MR) is 102 cm³/mol. The number of benzene rings is 3. The molecule has 0 saturated carbocycles. The molecule has 0 aliphatic heterocycles. The van der Waals surface area contributed by atoms with Gasteiger partial charge in [0.25, 0.3) is 10.0 Å². The van der Waals surface area contributed by atoms with Gasteiger partial charge < -0.3 is 0 Å². The van der Waals surface area contributed by atoms with Crippen LogP contribution in [0, 0.1) is 0 Å². The van der Waals surface area contributed by atoms with Crippen molar-refractivity contribution in [1.29, 1.82) is 0 Å². The summed E-state index contributed by atoms with van der Waals surface area (Å²) in [5.74, 6) is 0. The van der Waals surface area contributed by atoms with E-state index in [1.807, 2.05) is 60.7 Å². The van der Waals surface area contributed by atoms with E-state index in [0.29, 0.717) is 5.57 Å². The summed E-state index contributed by atoms with van der Waals surface area (Å²) in [6, 6.07) is 21.7. The van der Waals surface area contributed by atoms with Crippen molar-refractivity contribution in [3.63, 3.8) is 0 Å². The summed E-state index contributed by atoms with van der Waals surface area (Å²) in [5.41, 5.74) is 1.32. The fourth-order valence-corrected chi connectivity index (χ4v) is 3.50. The van der Waals surface area contributed by atoms with E-state index < -0.39 is 21.8 Å². The summed E-state index contributed by atoms with van der Waals surface area (Å²) in [6.45, 7) is 0. The number of sulfonamides is 1. The molecule has 28 heavy (non-hydrogen) atoms. The highest BCUT2D eigenvalue weighted by molar-refractivity contribution is 7.89. The summed E-state index contributed by atoms with van der Waals surface area (Å²) in [4.78, 5) is -0.253. The number of nitrogens with one attached hydrogen (secondary N) is 1. The monoisotopic (exact) mass is 403 g/mol. The molecular weight excluding hydrogens is 387 g/mol. The third-order valence-corrected chi connectivity index (χ3v) is 5.34. The van der Waals surface area contributed by atoms with Gasteiger partial charge in [0.1, 0.15) is 0 Å². The minimum atomic E-state index is -4.52. The standard InChI is InChI=1S/C21H16F3NO2S/c22-21(23,24)18-11-13-19(14-12-18)28(26,27)25-15-20(16-7-3-1-4-8-16)17-9-5-2-6-10-17/h1-15,25H. The highest BCUT2D eigenvalue weighted by Gasteiger charge is 2.30. The molecule has 144 valence electrons. The molecule has 7 heteroatoms. The summed E-state index contributed by atoms with van der Waals surface area (Å²) in [7, 11) is -4.03. The van der Waals surface area contributed by atoms with E-state index in [4.69, 9.17) is 0 Å². The maximum atomic E-state index is 12.7. The van der Waals surface area contributed by atoms with E-state index >= 15 is 0 Å². The topological polar surface area (TPSA) is 46.2 Å². The van der Waals surface area contributed by atoms with Gasteiger partial charge in [-0.05, 0) is 35.4 Å². The Kier molecular flexibility index (Phi) is 5.56. The van der Waals surface area contributed by atoms with Crippen LogP contribution >= 0.6 is 0 Å². The van der Waals surface area contributed by atoms with Crippen LogP contribution in [-0.2, 0) is 16.2 Å². The predicted octanol–water partition coefficient (Wildman–Crippen LogP) is 5.07. The first kappa shape index (κ1) is 19.7. The smallest absolute Gasteiger partial charge is 0.286 e. The maximum Gasteiger partial charge on any atom is 0.416 e. The fraction of sp³-hybridized carbons (Fsp3) is 0.0476. The van der Waals surface area contributed by atoms with Gasteiger partial charge in [0.15, 0.2) is 0 Å². The molecule has 0 amide bonds. The number of hydrogen-bond acceptors (Lipinski definition) is 2. The van der Waals surface area contributed by atoms with E-state index in [-0.39, 0.29) is 4.90 Å². The van der Waals surface area contributed by atoms with Crippen LogP contribution in [0.25, 0.3) is 5.57 Å². The van der Waals surface area contributed by atoms with E-state index in [0.717, 1.165) is 35.4 Å². The third kappa shape index (κ3) is 4.61. The van der Waals surface area contributed by atoms with Gasteiger partial charge in [-0.2, -0.15) is 13.2 Å². The minimum absolute atomic E-state index is 0.253. The summed E-state index contributed by atoms with van der Waals surface area (Å²) >= 11 is 0. The Morgan fingerprint density at radius 3 is 1.64 bits per heavy atom. The highest BCUT2D eigenvalue weighted by atomic mass is 32.2. The first-order chi connectivity index (χ1) is 13.3. The molecule has 1 N–H and O–H groups in total. The Hall–Kier alpha value is -3.06. The van der Waals surface area contributed by atoms with Crippen molar-refractivity contribution in [2.75, 3.05) is 0 Å². The van der Waals surface area contributed by atoms with Crippen molar-refractivity contribution in [2.24, 2.45) is 0 Å². The van der Waals surface area contributed by atoms with Crippen LogP contribution < -0.4 is 4.72 Å². The number of hydrogen-bond donors (Lipinski definition) is 1. The lowest BCUT2D eigenvalue weighted by atomic mass is 9.99. The van der Waals surface area contributed by atoms with E-state index in [1.165, 1.54) is 6.20 Å². The second-order valence-corrected chi connectivity index (χ2v) is 7.65. The second kappa shape index (κ2) is 7.90. The largest absolute Gasteiger partial charge is 0.416 e. The molecule has 0 heterocycles. The van der Waals surface area contributed by atoms with Crippen LogP contribution in [0.5, 0.6) is 0 Å². The van der Waals surface area contributed by atoms with Gasteiger partial charge in [-0.25, -0.2) is 8.42 Å². The van der Waals surface area contributed by atoms with Gasteiger partial charge >= 0.3 is 6.18 Å². The van der Waals surface area contributed by atoms with Crippen molar-refractivity contribution < 1.29 is 21.6 Å². The zero-order valence-corrected chi connectivity index (χ0v) is 15.3. The lowest BCUT2D eigenvalue weighted by molar-refractivity contribution is -0.137. The normalized spacial score (nSPS) is 11.7. The van der Waals surface area contributed by atoms with Crippen LogP contribution in [0.1, 0.15) is 16.7 Å². The molecule has 0 fully saturated rings.